The molecule has 4 rings (SSSR count). The molecule has 0 saturated carbocycles. The molecule has 0 fully saturated rings. The van der Waals surface area contributed by atoms with E-state index in [9.17, 15) is 29.4 Å². The molecule has 18 heteroatoms. The van der Waals surface area contributed by atoms with Gasteiger partial charge in [-0.2, -0.15) is 0 Å². The van der Waals surface area contributed by atoms with Gasteiger partial charge in [0.25, 0.3) is 0 Å². The average Bonchev–Trinajstić information content (AvgIpc) is 3.12. The van der Waals surface area contributed by atoms with Gasteiger partial charge in [0, 0.05) is 17.1 Å². The van der Waals surface area contributed by atoms with Crippen molar-refractivity contribution >= 4 is 49.0 Å². The Morgan fingerprint density at radius 1 is 0.444 bits per heavy atom. The zero-order valence-corrected chi connectivity index (χ0v) is 33.4. The van der Waals surface area contributed by atoms with Gasteiger partial charge in [0.1, 0.15) is 23.6 Å². The molecule has 0 aliphatic carbocycles. The molecule has 16 nitrogen and oxygen atoms in total. The molecule has 0 spiro atoms. The van der Waals surface area contributed by atoms with Crippen LogP contribution in [0.25, 0.3) is 0 Å². The largest absolute Gasteiger partial charge is 0 e. The van der Waals surface area contributed by atoms with E-state index in [0.717, 1.165) is 22.3 Å². The molecule has 0 heterocycles. The van der Waals surface area contributed by atoms with Crippen molar-refractivity contribution in [3.63, 3.8) is 0 Å². The van der Waals surface area contributed by atoms with Gasteiger partial charge in [0.15, 0.2) is 0 Å². The third kappa shape index (κ3) is 18.8. The van der Waals surface area contributed by atoms with Gasteiger partial charge in [-0.1, -0.05) is 24.3 Å². The van der Waals surface area contributed by atoms with Gasteiger partial charge in [-0.05, 0) is 48.2 Å². The van der Waals surface area contributed by atoms with E-state index < -0.39 is 73.2 Å². The molecule has 3 radical (unpaired) electrons. The predicted molar refractivity (Wildman–Crippen MR) is 192 cm³/mol. The number of nitrogens with two attached hydrogens (primary N) is 4. The Kier molecular flexibility index (Phi) is 21.5. The van der Waals surface area contributed by atoms with Crippen LogP contribution in [0.2, 0.25) is 0 Å². The summed E-state index contributed by atoms with van der Waals surface area (Å²) in [4.78, 5) is 44.6. The Labute approximate surface area is 334 Å². The summed E-state index contributed by atoms with van der Waals surface area (Å²) in [5.41, 5.74) is 25.4. The molecule has 0 aliphatic heterocycles. The van der Waals surface area contributed by atoms with Crippen molar-refractivity contribution in [2.75, 3.05) is 0 Å². The van der Waals surface area contributed by atoms with Crippen molar-refractivity contribution in [3.8, 4) is 23.0 Å². The monoisotopic (exact) mass is 993 g/mol. The first-order chi connectivity index (χ1) is 25.0. The fraction of sp³-hybridized carbons (Fsp3) is 0.222. The van der Waals surface area contributed by atoms with Gasteiger partial charge in [0.05, 0.1) is 0 Å². The molecular formula is C36H42CuN4O12Pb. The quantitative estimate of drug-likeness (QED) is 0.0784. The van der Waals surface area contributed by atoms with Crippen molar-refractivity contribution in [3.05, 3.63) is 119 Å². The second-order valence-electron chi connectivity index (χ2n) is 11.5. The number of hydrogen-bond donors (Lipinski definition) is 10. The van der Waals surface area contributed by atoms with E-state index in [1.807, 2.05) is 0 Å². The Morgan fingerprint density at radius 2 is 0.648 bits per heavy atom. The van der Waals surface area contributed by atoms with Crippen LogP contribution in [0.15, 0.2) is 97.1 Å². The molecule has 0 bridgehead atoms. The number of aromatic hydroxyl groups is 4. The molecule has 0 unspecified atom stereocenters. The number of carbonyl (C=O) groups is 4. The van der Waals surface area contributed by atoms with E-state index in [2.05, 4.69) is 0 Å². The van der Waals surface area contributed by atoms with Crippen molar-refractivity contribution in [2.45, 2.75) is 49.9 Å². The van der Waals surface area contributed by atoms with E-state index in [4.69, 9.17) is 48.7 Å². The Bertz CT molecular complexity index is 1620. The van der Waals surface area contributed by atoms with Crippen LogP contribution in [-0.2, 0) is 67.3 Å². The number of carbonyl (C=O) groups excluding carboxylic acids is 2. The van der Waals surface area contributed by atoms with E-state index in [0.29, 0.717) is 0 Å². The van der Waals surface area contributed by atoms with Crippen molar-refractivity contribution in [1.29, 1.82) is 0 Å². The molecule has 4 aromatic rings. The Balaban J connectivity index is 0.000000451. The normalized spacial score (nSPS) is 12.4. The molecule has 0 aromatic heterocycles. The van der Waals surface area contributed by atoms with Crippen LogP contribution < -0.4 is 22.9 Å². The van der Waals surface area contributed by atoms with Gasteiger partial charge in [-0.15, -0.1) is 0 Å². The van der Waals surface area contributed by atoms with E-state index >= 15 is 0 Å². The topological polar surface area (TPSA) is 312 Å². The van der Waals surface area contributed by atoms with Gasteiger partial charge < -0.3 is 31.9 Å². The van der Waals surface area contributed by atoms with Crippen LogP contribution in [0.4, 0.5) is 0 Å². The molecule has 14 N–H and O–H groups in total. The number of carboxylic acid groups (broad SMARTS) is 2. The predicted octanol–water partition coefficient (Wildman–Crippen LogP) is 0.849. The number of phenols is 4. The summed E-state index contributed by atoms with van der Waals surface area (Å²) in [5, 5.41) is 53.4. The van der Waals surface area contributed by atoms with Crippen molar-refractivity contribution in [2.24, 2.45) is 22.9 Å². The number of rotatable bonds is 14. The minimum Gasteiger partial charge on any atom is 0 e. The fourth-order valence-electron chi connectivity index (χ4n) is 4.14. The van der Waals surface area contributed by atoms with Crippen molar-refractivity contribution in [1.82, 2.24) is 0 Å². The maximum absolute atomic E-state index is 11.9. The number of hydrogen-bond acceptors (Lipinski definition) is 14. The molecule has 293 valence electrons. The minimum atomic E-state index is -2.43. The number of carboxylic acids is 2. The van der Waals surface area contributed by atoms with Gasteiger partial charge in [0.2, 0.25) is 0 Å². The van der Waals surface area contributed by atoms with E-state index in [1.165, 1.54) is 48.5 Å². The number of aliphatic carboxylic acids is 2. The van der Waals surface area contributed by atoms with Crippen LogP contribution in [0, 0.1) is 0 Å². The van der Waals surface area contributed by atoms with Crippen LogP contribution in [0.1, 0.15) is 22.3 Å². The van der Waals surface area contributed by atoms with Gasteiger partial charge >= 0.3 is 182 Å². The average molecular weight is 993 g/mol. The van der Waals surface area contributed by atoms with Crippen LogP contribution in [0.5, 0.6) is 23.0 Å². The Morgan fingerprint density at radius 3 is 0.852 bits per heavy atom. The Hall–Kier alpha value is -4.76. The first-order valence-corrected chi connectivity index (χ1v) is 19.0. The zero-order chi connectivity index (χ0) is 39.5. The van der Waals surface area contributed by atoms with Gasteiger partial charge in [-0.25, -0.2) is 0 Å². The maximum atomic E-state index is 11.9. The van der Waals surface area contributed by atoms with Crippen LogP contribution in [-0.4, -0.2) is 104 Å². The zero-order valence-electron chi connectivity index (χ0n) is 28.6. The molecule has 0 aliphatic rings. The maximum Gasteiger partial charge on any atom is 0 e. The molecule has 4 atom stereocenters. The number of benzene rings is 4. The molecular weight excluding hydrogens is 951 g/mol. The minimum absolute atomic E-state index is 0. The summed E-state index contributed by atoms with van der Waals surface area (Å²) < 4.78 is 10.1. The molecule has 4 aromatic carbocycles. The first-order valence-electron chi connectivity index (χ1n) is 15.8. The fourth-order valence-corrected chi connectivity index (χ4v) is 6.12. The van der Waals surface area contributed by atoms with Crippen LogP contribution in [0.3, 0.4) is 0 Å². The molecule has 0 amide bonds. The van der Waals surface area contributed by atoms with E-state index in [-0.39, 0.29) is 65.8 Å². The summed E-state index contributed by atoms with van der Waals surface area (Å²) in [5.74, 6) is -2.74. The summed E-state index contributed by atoms with van der Waals surface area (Å²) in [6, 6.07) is 21.7. The molecule has 54 heavy (non-hydrogen) atoms. The van der Waals surface area contributed by atoms with Gasteiger partial charge in [-0.3, -0.25) is 9.59 Å². The SMILES string of the molecule is N[C@@H](Cc1ccc(O)cc1)C(=O)O.N[C@@H](Cc1ccc(O)cc1)C(=O)O.N[C@@H](Cc1ccc(O)cc1)C(=O)[O][Pb][O]C(=O)[C@@H](N)Cc1ccc(O)cc1.[Cu]. The standard InChI is InChI=1S/4C9H11NO3.Cu.Pb/c4*10-8(9(12)13)5-6-1-3-7(11)4-2-6;;/h4*1-4,8,11H,5,10H2,(H,12,13);;/q;;;;;+2/p-2/t4*8-;;/m0000../s1. The van der Waals surface area contributed by atoms with E-state index in [1.54, 1.807) is 48.5 Å². The second-order valence-corrected chi connectivity index (χ2v) is 13.7. The smallest absolute Gasteiger partial charge is 0 e. The molecule has 0 saturated heterocycles. The third-order valence-corrected chi connectivity index (χ3v) is 9.30. The summed E-state index contributed by atoms with van der Waals surface area (Å²) in [7, 11) is 0. The van der Waals surface area contributed by atoms with Crippen molar-refractivity contribution < 1.29 is 72.3 Å². The summed E-state index contributed by atoms with van der Waals surface area (Å²) >= 11 is -2.43. The first kappa shape index (κ1) is 47.3. The summed E-state index contributed by atoms with van der Waals surface area (Å²) in [6.07, 6.45) is 1.04. The summed E-state index contributed by atoms with van der Waals surface area (Å²) in [6.45, 7) is 0. The third-order valence-electron chi connectivity index (χ3n) is 7.09. The second kappa shape index (κ2) is 24.5. The van der Waals surface area contributed by atoms with Crippen LogP contribution >= 0.6 is 0 Å². The number of phenolic OH excluding ortho intramolecular Hbond substituents is 4.